The van der Waals surface area contributed by atoms with E-state index in [4.69, 9.17) is 16.7 Å². The average Bonchev–Trinajstić information content (AvgIpc) is 3.00. The van der Waals surface area contributed by atoms with E-state index in [9.17, 15) is 4.79 Å². The summed E-state index contributed by atoms with van der Waals surface area (Å²) in [4.78, 5) is 12.5. The molecule has 0 saturated carbocycles. The topological polar surface area (TPSA) is 79.2 Å². The number of hydrogen-bond donors (Lipinski definition) is 3. The van der Waals surface area contributed by atoms with Crippen molar-refractivity contribution in [3.63, 3.8) is 0 Å². The van der Waals surface area contributed by atoms with Gasteiger partial charge in [0.15, 0.2) is 5.69 Å². The zero-order valence-corrected chi connectivity index (χ0v) is 15.0. The van der Waals surface area contributed by atoms with E-state index in [1.807, 2.05) is 53.2 Å². The third-order valence-corrected chi connectivity index (χ3v) is 4.21. The van der Waals surface area contributed by atoms with Crippen molar-refractivity contribution in [1.29, 1.82) is 0 Å². The van der Waals surface area contributed by atoms with Crippen molar-refractivity contribution in [2.24, 2.45) is 0 Å². The molecule has 3 aromatic rings. The number of para-hydroxylation sites is 1. The Kier molecular flexibility index (Phi) is 6.22. The van der Waals surface area contributed by atoms with E-state index in [1.165, 1.54) is 0 Å². The summed E-state index contributed by atoms with van der Waals surface area (Å²) in [7, 11) is 0. The molecular formula is C19H21ClN4O2. The molecule has 0 radical (unpaired) electrons. The van der Waals surface area contributed by atoms with E-state index in [-0.39, 0.29) is 12.5 Å². The van der Waals surface area contributed by atoms with Gasteiger partial charge in [-0.2, -0.15) is 5.10 Å². The Bertz CT molecular complexity index is 894. The number of carbonyl (C=O) groups excluding carboxylic acids is 1. The Morgan fingerprint density at radius 1 is 1.12 bits per heavy atom. The molecule has 1 heterocycles. The first-order chi connectivity index (χ1) is 12.7. The number of benzene rings is 2. The van der Waals surface area contributed by atoms with Crippen LogP contribution in [0.1, 0.15) is 16.1 Å². The van der Waals surface area contributed by atoms with Gasteiger partial charge < -0.3 is 15.7 Å². The number of nitrogens with one attached hydrogen (secondary N) is 2. The molecule has 26 heavy (non-hydrogen) atoms. The first kappa shape index (κ1) is 18.4. The number of aliphatic hydroxyl groups excluding tert-OH is 1. The first-order valence-electron chi connectivity index (χ1n) is 8.49. The second-order valence-electron chi connectivity index (χ2n) is 5.88. The summed E-state index contributed by atoms with van der Waals surface area (Å²) in [5.41, 5.74) is 2.33. The van der Waals surface area contributed by atoms with Crippen molar-refractivity contribution in [2.45, 2.75) is 6.54 Å². The number of hydrogen-bond acceptors (Lipinski definition) is 4. The van der Waals surface area contributed by atoms with Crippen molar-refractivity contribution in [3.05, 3.63) is 64.8 Å². The van der Waals surface area contributed by atoms with E-state index in [0.29, 0.717) is 36.9 Å². The molecule has 0 atom stereocenters. The van der Waals surface area contributed by atoms with Crippen LogP contribution in [0.15, 0.2) is 48.5 Å². The van der Waals surface area contributed by atoms with Crippen molar-refractivity contribution in [1.82, 2.24) is 20.4 Å². The lowest BCUT2D eigenvalue weighted by Crippen LogP contribution is -2.33. The van der Waals surface area contributed by atoms with Gasteiger partial charge in [0.1, 0.15) is 0 Å². The summed E-state index contributed by atoms with van der Waals surface area (Å²) in [6.07, 6.45) is 0. The van der Waals surface area contributed by atoms with E-state index in [0.717, 1.165) is 16.5 Å². The molecule has 3 N–H and O–H groups in total. The van der Waals surface area contributed by atoms with E-state index >= 15 is 0 Å². The minimum Gasteiger partial charge on any atom is -0.395 e. The van der Waals surface area contributed by atoms with Gasteiger partial charge in [0.25, 0.3) is 5.91 Å². The number of fused-ring (bicyclic) bond motifs is 1. The molecule has 6 nitrogen and oxygen atoms in total. The molecule has 0 spiro atoms. The second-order valence-corrected chi connectivity index (χ2v) is 6.32. The van der Waals surface area contributed by atoms with Crippen LogP contribution >= 0.6 is 11.6 Å². The summed E-state index contributed by atoms with van der Waals surface area (Å²) in [6, 6.07) is 15.3. The van der Waals surface area contributed by atoms with Gasteiger partial charge in [-0.05, 0) is 23.8 Å². The highest BCUT2D eigenvalue weighted by atomic mass is 35.5. The average molecular weight is 373 g/mol. The van der Waals surface area contributed by atoms with E-state index < -0.39 is 0 Å². The fourth-order valence-corrected chi connectivity index (χ4v) is 2.99. The Morgan fingerprint density at radius 2 is 1.96 bits per heavy atom. The van der Waals surface area contributed by atoms with E-state index in [2.05, 4.69) is 15.7 Å². The van der Waals surface area contributed by atoms with Crippen LogP contribution in [0.2, 0.25) is 5.02 Å². The van der Waals surface area contributed by atoms with Crippen LogP contribution in [-0.2, 0) is 6.54 Å². The Hall–Kier alpha value is -2.41. The third-order valence-electron chi connectivity index (χ3n) is 3.97. The predicted molar refractivity (Wildman–Crippen MR) is 103 cm³/mol. The summed E-state index contributed by atoms with van der Waals surface area (Å²) in [5.74, 6) is -0.211. The lowest BCUT2D eigenvalue weighted by molar-refractivity contribution is 0.0949. The van der Waals surface area contributed by atoms with Gasteiger partial charge in [0, 0.05) is 30.0 Å². The Balaban J connectivity index is 1.79. The zero-order chi connectivity index (χ0) is 18.4. The fourth-order valence-electron chi connectivity index (χ4n) is 2.78. The maximum absolute atomic E-state index is 12.5. The molecule has 3 rings (SSSR count). The highest BCUT2D eigenvalue weighted by molar-refractivity contribution is 6.30. The molecule has 0 aliphatic heterocycles. The molecule has 136 valence electrons. The van der Waals surface area contributed by atoms with Crippen LogP contribution in [0.5, 0.6) is 0 Å². The molecule has 1 amide bonds. The van der Waals surface area contributed by atoms with Crippen LogP contribution in [0.3, 0.4) is 0 Å². The van der Waals surface area contributed by atoms with Crippen molar-refractivity contribution in [2.75, 3.05) is 26.2 Å². The highest BCUT2D eigenvalue weighted by Crippen LogP contribution is 2.20. The lowest BCUT2D eigenvalue weighted by atomic mass is 10.2. The van der Waals surface area contributed by atoms with Crippen LogP contribution in [-0.4, -0.2) is 47.0 Å². The molecule has 7 heteroatoms. The lowest BCUT2D eigenvalue weighted by Gasteiger charge is -2.05. The van der Waals surface area contributed by atoms with Crippen LogP contribution in [0, 0.1) is 0 Å². The molecule has 0 aliphatic rings. The van der Waals surface area contributed by atoms with Crippen molar-refractivity contribution >= 4 is 28.4 Å². The van der Waals surface area contributed by atoms with Gasteiger partial charge in [0.05, 0.1) is 18.7 Å². The van der Waals surface area contributed by atoms with Crippen LogP contribution in [0.25, 0.3) is 10.9 Å². The van der Waals surface area contributed by atoms with Gasteiger partial charge in [-0.1, -0.05) is 41.9 Å². The van der Waals surface area contributed by atoms with Gasteiger partial charge in [-0.15, -0.1) is 0 Å². The smallest absolute Gasteiger partial charge is 0.272 e. The number of aromatic nitrogens is 2. The Labute approximate surface area is 156 Å². The number of halogens is 1. The maximum Gasteiger partial charge on any atom is 0.272 e. The number of amides is 1. The fraction of sp³-hybridized carbons (Fsp3) is 0.263. The molecule has 0 unspecified atom stereocenters. The summed E-state index contributed by atoms with van der Waals surface area (Å²) in [5, 5.41) is 20.6. The molecule has 0 aliphatic carbocycles. The maximum atomic E-state index is 12.5. The molecular weight excluding hydrogens is 352 g/mol. The molecule has 1 aromatic heterocycles. The number of carbonyl (C=O) groups is 1. The first-order valence-corrected chi connectivity index (χ1v) is 8.86. The van der Waals surface area contributed by atoms with Gasteiger partial charge in [-0.25, -0.2) is 0 Å². The quantitative estimate of drug-likeness (QED) is 0.529. The highest BCUT2D eigenvalue weighted by Gasteiger charge is 2.16. The zero-order valence-electron chi connectivity index (χ0n) is 14.3. The van der Waals surface area contributed by atoms with E-state index in [1.54, 1.807) is 0 Å². The summed E-state index contributed by atoms with van der Waals surface area (Å²) in [6.45, 7) is 2.17. The van der Waals surface area contributed by atoms with Crippen molar-refractivity contribution < 1.29 is 9.90 Å². The number of nitrogens with zero attached hydrogens (tertiary/aromatic N) is 2. The Morgan fingerprint density at radius 3 is 2.77 bits per heavy atom. The normalized spacial score (nSPS) is 11.0. The van der Waals surface area contributed by atoms with Crippen molar-refractivity contribution in [3.8, 4) is 0 Å². The SMILES string of the molecule is O=C(NCCNCCO)c1nn(Cc2cccc(Cl)c2)c2ccccc12. The molecule has 0 saturated heterocycles. The number of rotatable bonds is 8. The number of aliphatic hydroxyl groups is 1. The van der Waals surface area contributed by atoms with Gasteiger partial charge in [-0.3, -0.25) is 9.48 Å². The largest absolute Gasteiger partial charge is 0.395 e. The summed E-state index contributed by atoms with van der Waals surface area (Å²) < 4.78 is 1.82. The molecule has 0 fully saturated rings. The third kappa shape index (κ3) is 4.40. The minimum atomic E-state index is -0.211. The minimum absolute atomic E-state index is 0.0759. The van der Waals surface area contributed by atoms with Gasteiger partial charge >= 0.3 is 0 Å². The predicted octanol–water partition coefficient (Wildman–Crippen LogP) is 2.05. The molecule has 2 aromatic carbocycles. The van der Waals surface area contributed by atoms with Gasteiger partial charge in [0.2, 0.25) is 0 Å². The van der Waals surface area contributed by atoms with Crippen LogP contribution < -0.4 is 10.6 Å². The summed E-state index contributed by atoms with van der Waals surface area (Å²) >= 11 is 6.06. The van der Waals surface area contributed by atoms with Crippen LogP contribution in [0.4, 0.5) is 0 Å². The standard InChI is InChI=1S/C19H21ClN4O2/c20-15-5-3-4-14(12-15)13-24-17-7-2-1-6-16(17)18(23-24)19(26)22-9-8-21-10-11-25/h1-7,12,21,25H,8-11,13H2,(H,22,26). The second kappa shape index (κ2) is 8.80. The monoisotopic (exact) mass is 372 g/mol. The molecule has 0 bridgehead atoms.